The van der Waals surface area contributed by atoms with Crippen molar-refractivity contribution in [2.45, 2.75) is 13.8 Å². The van der Waals surface area contributed by atoms with Crippen LogP contribution in [-0.4, -0.2) is 10.9 Å². The first-order chi connectivity index (χ1) is 9.49. The minimum Gasteiger partial charge on any atom is -0.507 e. The lowest BCUT2D eigenvalue weighted by atomic mass is 9.99. The lowest BCUT2D eigenvalue weighted by Gasteiger charge is -2.08. The molecule has 0 aliphatic heterocycles. The summed E-state index contributed by atoms with van der Waals surface area (Å²) in [6.45, 7) is 3.67. The summed E-state index contributed by atoms with van der Waals surface area (Å²) in [5.74, 6) is -0.300. The van der Waals surface area contributed by atoms with Gasteiger partial charge in [0.1, 0.15) is 5.75 Å². The summed E-state index contributed by atoms with van der Waals surface area (Å²) in [5, 5.41) is 9.94. The van der Waals surface area contributed by atoms with Crippen molar-refractivity contribution in [2.24, 2.45) is 5.73 Å². The van der Waals surface area contributed by atoms with Gasteiger partial charge >= 0.3 is 0 Å². The molecule has 0 unspecified atom stereocenters. The second kappa shape index (κ2) is 5.61. The molecule has 0 bridgehead atoms. The number of ketones is 1. The Balaban J connectivity index is 2.38. The zero-order valence-corrected chi connectivity index (χ0v) is 11.6. The molecule has 0 atom stereocenters. The molecular formula is C17H17NO2. The topological polar surface area (TPSA) is 63.3 Å². The Kier molecular flexibility index (Phi) is 3.89. The van der Waals surface area contributed by atoms with Crippen molar-refractivity contribution >= 4 is 11.5 Å². The molecule has 0 saturated heterocycles. The molecule has 3 heteroatoms. The largest absolute Gasteiger partial charge is 0.507 e. The summed E-state index contributed by atoms with van der Waals surface area (Å²) in [6, 6.07) is 12.7. The average Bonchev–Trinajstić information content (AvgIpc) is 2.38. The predicted molar refractivity (Wildman–Crippen MR) is 80.5 cm³/mol. The monoisotopic (exact) mass is 267 g/mol. The molecule has 0 aromatic heterocycles. The van der Waals surface area contributed by atoms with Crippen LogP contribution in [0.2, 0.25) is 0 Å². The fourth-order valence-corrected chi connectivity index (χ4v) is 2.19. The van der Waals surface area contributed by atoms with Gasteiger partial charge in [-0.15, -0.1) is 0 Å². The second-order valence-corrected chi connectivity index (χ2v) is 4.81. The summed E-state index contributed by atoms with van der Waals surface area (Å²) in [7, 11) is 0. The Morgan fingerprint density at radius 1 is 1.15 bits per heavy atom. The maximum atomic E-state index is 12.3. The number of carbonyl (C=O) groups is 1. The maximum absolute atomic E-state index is 12.3. The number of hydrogen-bond donors (Lipinski definition) is 2. The first-order valence-electron chi connectivity index (χ1n) is 6.36. The van der Waals surface area contributed by atoms with E-state index in [1.807, 2.05) is 43.3 Å². The predicted octanol–water partition coefficient (Wildman–Crippen LogP) is 3.19. The fourth-order valence-electron chi connectivity index (χ4n) is 2.19. The highest BCUT2D eigenvalue weighted by Crippen LogP contribution is 2.24. The van der Waals surface area contributed by atoms with E-state index in [1.165, 1.54) is 6.08 Å². The van der Waals surface area contributed by atoms with Gasteiger partial charge in [-0.2, -0.15) is 0 Å². The van der Waals surface area contributed by atoms with Crippen molar-refractivity contribution in [3.05, 3.63) is 70.8 Å². The third kappa shape index (κ3) is 2.88. The first kappa shape index (κ1) is 13.9. The number of allylic oxidation sites excluding steroid dienone is 1. The molecule has 0 amide bonds. The van der Waals surface area contributed by atoms with Crippen LogP contribution in [-0.2, 0) is 0 Å². The van der Waals surface area contributed by atoms with E-state index in [4.69, 9.17) is 5.73 Å². The number of aromatic hydroxyl groups is 1. The molecule has 2 rings (SSSR count). The van der Waals surface area contributed by atoms with E-state index in [1.54, 1.807) is 13.0 Å². The van der Waals surface area contributed by atoms with Crippen LogP contribution in [0.25, 0.3) is 5.70 Å². The number of phenols is 1. The van der Waals surface area contributed by atoms with Gasteiger partial charge in [0.15, 0.2) is 5.78 Å². The average molecular weight is 267 g/mol. The zero-order chi connectivity index (χ0) is 14.7. The van der Waals surface area contributed by atoms with Crippen molar-refractivity contribution in [3.8, 4) is 5.75 Å². The van der Waals surface area contributed by atoms with Gasteiger partial charge in [0, 0.05) is 11.8 Å². The summed E-state index contributed by atoms with van der Waals surface area (Å²) in [5.41, 5.74) is 9.04. The van der Waals surface area contributed by atoms with E-state index in [-0.39, 0.29) is 11.5 Å². The van der Waals surface area contributed by atoms with Gasteiger partial charge in [0.2, 0.25) is 0 Å². The van der Waals surface area contributed by atoms with Gasteiger partial charge in [0.25, 0.3) is 0 Å². The van der Waals surface area contributed by atoms with Crippen LogP contribution in [0.15, 0.2) is 48.5 Å². The minimum absolute atomic E-state index is 0.00962. The van der Waals surface area contributed by atoms with Crippen LogP contribution in [0, 0.1) is 13.8 Å². The van der Waals surface area contributed by atoms with Crippen molar-refractivity contribution in [1.82, 2.24) is 0 Å². The molecule has 0 fully saturated rings. The van der Waals surface area contributed by atoms with E-state index in [9.17, 15) is 9.90 Å². The number of aryl methyl sites for hydroxylation is 2. The molecule has 0 aliphatic rings. The first-order valence-corrected chi connectivity index (χ1v) is 6.36. The quantitative estimate of drug-likeness (QED) is 0.663. The molecule has 0 spiro atoms. The molecule has 0 radical (unpaired) electrons. The van der Waals surface area contributed by atoms with Gasteiger partial charge in [-0.3, -0.25) is 4.79 Å². The van der Waals surface area contributed by atoms with Crippen molar-refractivity contribution in [1.29, 1.82) is 0 Å². The van der Waals surface area contributed by atoms with Crippen LogP contribution in [0.5, 0.6) is 5.75 Å². The molecule has 0 heterocycles. The Morgan fingerprint density at radius 3 is 2.40 bits per heavy atom. The highest BCUT2D eigenvalue weighted by atomic mass is 16.3. The summed E-state index contributed by atoms with van der Waals surface area (Å²) in [6.07, 6.45) is 1.35. The molecule has 20 heavy (non-hydrogen) atoms. The Labute approximate surface area is 118 Å². The van der Waals surface area contributed by atoms with Gasteiger partial charge < -0.3 is 10.8 Å². The van der Waals surface area contributed by atoms with Crippen molar-refractivity contribution < 1.29 is 9.90 Å². The SMILES string of the molecule is Cc1cc(C)c(C(=O)/C=C(\N)c2ccccc2)c(O)c1. The Bertz CT molecular complexity index is 650. The van der Waals surface area contributed by atoms with Gasteiger partial charge in [-0.1, -0.05) is 36.4 Å². The van der Waals surface area contributed by atoms with Crippen LogP contribution < -0.4 is 5.73 Å². The van der Waals surface area contributed by atoms with Gasteiger partial charge in [-0.05, 0) is 36.6 Å². The fraction of sp³-hybridized carbons (Fsp3) is 0.118. The lowest BCUT2D eigenvalue weighted by Crippen LogP contribution is -2.04. The standard InChI is InChI=1S/C17H17NO2/c1-11-8-12(2)17(15(19)9-11)16(20)10-14(18)13-6-4-3-5-7-13/h3-10,19H,18H2,1-2H3/b14-10-. The summed E-state index contributed by atoms with van der Waals surface area (Å²) < 4.78 is 0. The third-order valence-corrected chi connectivity index (χ3v) is 3.10. The lowest BCUT2D eigenvalue weighted by molar-refractivity contribution is 0.104. The number of benzene rings is 2. The zero-order valence-electron chi connectivity index (χ0n) is 11.6. The third-order valence-electron chi connectivity index (χ3n) is 3.10. The van der Waals surface area contributed by atoms with Gasteiger partial charge in [-0.25, -0.2) is 0 Å². The number of nitrogens with two attached hydrogens (primary N) is 1. The summed E-state index contributed by atoms with van der Waals surface area (Å²) in [4.78, 5) is 12.3. The van der Waals surface area contributed by atoms with E-state index >= 15 is 0 Å². The molecule has 3 N–H and O–H groups in total. The second-order valence-electron chi connectivity index (χ2n) is 4.81. The molecule has 3 nitrogen and oxygen atoms in total. The van der Waals surface area contributed by atoms with Crippen molar-refractivity contribution in [3.63, 3.8) is 0 Å². The number of hydrogen-bond acceptors (Lipinski definition) is 3. The van der Waals surface area contributed by atoms with E-state index < -0.39 is 0 Å². The van der Waals surface area contributed by atoms with Crippen LogP contribution in [0.1, 0.15) is 27.0 Å². The molecular weight excluding hydrogens is 250 g/mol. The minimum atomic E-state index is -0.290. The molecule has 2 aromatic carbocycles. The molecule has 0 saturated carbocycles. The van der Waals surface area contributed by atoms with Crippen LogP contribution >= 0.6 is 0 Å². The van der Waals surface area contributed by atoms with Crippen LogP contribution in [0.3, 0.4) is 0 Å². The molecule has 0 aliphatic carbocycles. The normalized spacial score (nSPS) is 11.4. The maximum Gasteiger partial charge on any atom is 0.191 e. The molecule has 2 aromatic rings. The number of carbonyl (C=O) groups excluding carboxylic acids is 1. The van der Waals surface area contributed by atoms with Crippen molar-refractivity contribution in [2.75, 3.05) is 0 Å². The Morgan fingerprint density at radius 2 is 1.80 bits per heavy atom. The number of phenolic OH excluding ortho intramolecular Hbond substituents is 1. The van der Waals surface area contributed by atoms with E-state index in [0.29, 0.717) is 11.3 Å². The highest BCUT2D eigenvalue weighted by Gasteiger charge is 2.13. The smallest absolute Gasteiger partial charge is 0.191 e. The summed E-state index contributed by atoms with van der Waals surface area (Å²) >= 11 is 0. The van der Waals surface area contributed by atoms with Gasteiger partial charge in [0.05, 0.1) is 5.56 Å². The van der Waals surface area contributed by atoms with E-state index in [0.717, 1.165) is 16.7 Å². The van der Waals surface area contributed by atoms with E-state index in [2.05, 4.69) is 0 Å². The van der Waals surface area contributed by atoms with Crippen LogP contribution in [0.4, 0.5) is 0 Å². The highest BCUT2D eigenvalue weighted by molar-refractivity contribution is 6.10. The number of rotatable bonds is 3. The molecule has 102 valence electrons. The Hall–Kier alpha value is -2.55.